The number of carbonyl (C=O) groups is 2. The molecule has 0 radical (unpaired) electrons. The van der Waals surface area contributed by atoms with Crippen LogP contribution in [0.3, 0.4) is 0 Å². The minimum atomic E-state index is -0.319. The van der Waals surface area contributed by atoms with Gasteiger partial charge in [-0.25, -0.2) is 4.79 Å². The number of thiophene rings is 1. The van der Waals surface area contributed by atoms with Gasteiger partial charge in [0, 0.05) is 16.0 Å². The lowest BCUT2D eigenvalue weighted by molar-refractivity contribution is -0.144. The van der Waals surface area contributed by atoms with Crippen molar-refractivity contribution in [2.45, 2.75) is 57.3 Å². The highest BCUT2D eigenvalue weighted by molar-refractivity contribution is 7.99. The molecule has 1 atom stereocenters. The number of methoxy groups -OCH3 is 1. The van der Waals surface area contributed by atoms with E-state index in [0.717, 1.165) is 17.7 Å². The predicted octanol–water partition coefficient (Wildman–Crippen LogP) is 5.17. The van der Waals surface area contributed by atoms with Crippen molar-refractivity contribution < 1.29 is 19.1 Å². The summed E-state index contributed by atoms with van der Waals surface area (Å²) in [6.07, 6.45) is 6.25. The summed E-state index contributed by atoms with van der Waals surface area (Å²) in [5, 5.41) is 1.91. The first-order valence-corrected chi connectivity index (χ1v) is 10.4. The van der Waals surface area contributed by atoms with Crippen LogP contribution < -0.4 is 0 Å². The lowest BCUT2D eigenvalue weighted by Crippen LogP contribution is -2.14. The average Bonchev–Trinajstić information content (AvgIpc) is 3.06. The van der Waals surface area contributed by atoms with E-state index in [1.54, 1.807) is 17.8 Å². The quantitative estimate of drug-likeness (QED) is 0.288. The van der Waals surface area contributed by atoms with Crippen molar-refractivity contribution in [3.63, 3.8) is 0 Å². The minimum Gasteiger partial charge on any atom is -0.465 e. The van der Waals surface area contributed by atoms with Crippen molar-refractivity contribution in [2.24, 2.45) is 5.92 Å². The molecule has 1 rings (SSSR count). The zero-order valence-electron chi connectivity index (χ0n) is 14.8. The maximum Gasteiger partial charge on any atom is 0.348 e. The molecule has 6 heteroatoms. The van der Waals surface area contributed by atoms with E-state index < -0.39 is 0 Å². The second-order valence-corrected chi connectivity index (χ2v) is 7.77. The molecule has 136 valence electrons. The van der Waals surface area contributed by atoms with Gasteiger partial charge in [-0.05, 0) is 18.4 Å². The number of hydrogen-bond donors (Lipinski definition) is 0. The van der Waals surface area contributed by atoms with E-state index in [1.165, 1.54) is 37.7 Å². The summed E-state index contributed by atoms with van der Waals surface area (Å²) in [6.45, 7) is 4.88. The summed E-state index contributed by atoms with van der Waals surface area (Å²) in [5.74, 6) is 0.676. The van der Waals surface area contributed by atoms with Gasteiger partial charge >= 0.3 is 11.9 Å². The van der Waals surface area contributed by atoms with E-state index >= 15 is 0 Å². The number of esters is 2. The third-order valence-corrected chi connectivity index (χ3v) is 5.85. The first kappa shape index (κ1) is 21.0. The highest BCUT2D eigenvalue weighted by Gasteiger charge is 2.12. The van der Waals surface area contributed by atoms with Crippen molar-refractivity contribution in [3.8, 4) is 0 Å². The number of hydrogen-bond acceptors (Lipinski definition) is 6. The van der Waals surface area contributed by atoms with E-state index in [1.807, 2.05) is 5.38 Å². The van der Waals surface area contributed by atoms with Gasteiger partial charge < -0.3 is 9.47 Å². The molecule has 0 aliphatic rings. The molecule has 0 amide bonds. The summed E-state index contributed by atoms with van der Waals surface area (Å²) in [5.41, 5.74) is 0. The largest absolute Gasteiger partial charge is 0.465 e. The van der Waals surface area contributed by atoms with Crippen LogP contribution in [0.25, 0.3) is 0 Å². The molecule has 0 fully saturated rings. The van der Waals surface area contributed by atoms with Crippen molar-refractivity contribution >= 4 is 35.0 Å². The smallest absolute Gasteiger partial charge is 0.348 e. The Bertz CT molecular complexity index is 499. The highest BCUT2D eigenvalue weighted by atomic mass is 32.2. The molecule has 0 bridgehead atoms. The Hall–Kier alpha value is -1.01. The summed E-state index contributed by atoms with van der Waals surface area (Å²) in [4.78, 5) is 24.8. The third kappa shape index (κ3) is 8.20. The SMILES string of the molecule is CCCCCC(CC)COC(=O)CCSc1csc(C(=O)OC)c1. The van der Waals surface area contributed by atoms with E-state index in [-0.39, 0.29) is 11.9 Å². The fourth-order valence-electron chi connectivity index (χ4n) is 2.23. The molecule has 0 aromatic carbocycles. The van der Waals surface area contributed by atoms with Gasteiger partial charge in [-0.2, -0.15) is 0 Å². The zero-order valence-corrected chi connectivity index (χ0v) is 16.5. The summed E-state index contributed by atoms with van der Waals surface area (Å²) < 4.78 is 10.1. The fraction of sp³-hybridized carbons (Fsp3) is 0.667. The lowest BCUT2D eigenvalue weighted by atomic mass is 10.00. The molecule has 1 aromatic rings. The zero-order chi connectivity index (χ0) is 17.8. The van der Waals surface area contributed by atoms with Crippen molar-refractivity contribution in [2.75, 3.05) is 19.5 Å². The van der Waals surface area contributed by atoms with Crippen LogP contribution in [0, 0.1) is 5.92 Å². The Morgan fingerprint density at radius 2 is 2.08 bits per heavy atom. The topological polar surface area (TPSA) is 52.6 Å². The number of carbonyl (C=O) groups excluding carboxylic acids is 2. The maximum atomic E-state index is 11.8. The first-order valence-electron chi connectivity index (χ1n) is 8.55. The summed E-state index contributed by atoms with van der Waals surface area (Å²) >= 11 is 2.91. The van der Waals surface area contributed by atoms with Gasteiger partial charge in [-0.15, -0.1) is 23.1 Å². The number of unbranched alkanes of at least 4 members (excludes halogenated alkanes) is 2. The number of ether oxygens (including phenoxy) is 2. The predicted molar refractivity (Wildman–Crippen MR) is 99.9 cm³/mol. The lowest BCUT2D eigenvalue weighted by Gasteiger charge is -2.14. The Labute approximate surface area is 153 Å². The Morgan fingerprint density at radius 3 is 2.75 bits per heavy atom. The summed E-state index contributed by atoms with van der Waals surface area (Å²) in [6, 6.07) is 1.80. The second-order valence-electron chi connectivity index (χ2n) is 5.69. The Morgan fingerprint density at radius 1 is 1.29 bits per heavy atom. The summed E-state index contributed by atoms with van der Waals surface area (Å²) in [7, 11) is 1.37. The van der Waals surface area contributed by atoms with Crippen molar-refractivity contribution in [3.05, 3.63) is 16.3 Å². The molecular weight excluding hydrogens is 344 g/mol. The molecular formula is C18H28O4S2. The van der Waals surface area contributed by atoms with Gasteiger partial charge in [-0.1, -0.05) is 39.5 Å². The van der Waals surface area contributed by atoms with Crippen LogP contribution in [0.5, 0.6) is 0 Å². The standard InChI is InChI=1S/C18H28O4S2/c1-4-6-7-8-14(5-2)12-22-17(19)9-10-23-15-11-16(24-13-15)18(20)21-3/h11,13-14H,4-10,12H2,1-3H3. The number of rotatable bonds is 12. The molecule has 1 aromatic heterocycles. The molecule has 0 spiro atoms. The maximum absolute atomic E-state index is 11.8. The molecule has 0 N–H and O–H groups in total. The van der Waals surface area contributed by atoms with Crippen molar-refractivity contribution in [1.29, 1.82) is 0 Å². The molecule has 0 aliphatic carbocycles. The van der Waals surface area contributed by atoms with E-state index in [4.69, 9.17) is 4.74 Å². The van der Waals surface area contributed by atoms with E-state index in [9.17, 15) is 9.59 Å². The van der Waals surface area contributed by atoms with E-state index in [0.29, 0.717) is 29.6 Å². The van der Waals surface area contributed by atoms with Crippen LogP contribution in [0.1, 0.15) is 62.0 Å². The average molecular weight is 373 g/mol. The molecule has 1 unspecified atom stereocenters. The first-order chi connectivity index (χ1) is 11.6. The Kier molecular flexibility index (Phi) is 10.8. The second kappa shape index (κ2) is 12.4. The molecule has 0 aliphatic heterocycles. The molecule has 1 heterocycles. The van der Waals surface area contributed by atoms with Gasteiger partial charge in [0.2, 0.25) is 0 Å². The van der Waals surface area contributed by atoms with Crippen LogP contribution in [0.15, 0.2) is 16.3 Å². The molecule has 0 saturated carbocycles. The fourth-order valence-corrected chi connectivity index (χ4v) is 4.11. The van der Waals surface area contributed by atoms with Crippen LogP contribution in [-0.4, -0.2) is 31.4 Å². The Balaban J connectivity index is 2.21. The van der Waals surface area contributed by atoms with Crippen LogP contribution in [0.4, 0.5) is 0 Å². The van der Waals surface area contributed by atoms with Gasteiger partial charge in [0.15, 0.2) is 0 Å². The van der Waals surface area contributed by atoms with Crippen LogP contribution >= 0.6 is 23.1 Å². The third-order valence-electron chi connectivity index (χ3n) is 3.81. The van der Waals surface area contributed by atoms with Gasteiger partial charge in [-0.3, -0.25) is 4.79 Å². The van der Waals surface area contributed by atoms with Gasteiger partial charge in [0.25, 0.3) is 0 Å². The normalized spacial score (nSPS) is 12.0. The minimum absolute atomic E-state index is 0.139. The van der Waals surface area contributed by atoms with Crippen molar-refractivity contribution in [1.82, 2.24) is 0 Å². The van der Waals surface area contributed by atoms with E-state index in [2.05, 4.69) is 18.6 Å². The van der Waals surface area contributed by atoms with Crippen LogP contribution in [-0.2, 0) is 14.3 Å². The number of thioether (sulfide) groups is 1. The molecule has 24 heavy (non-hydrogen) atoms. The van der Waals surface area contributed by atoms with Gasteiger partial charge in [0.1, 0.15) is 4.88 Å². The molecule has 4 nitrogen and oxygen atoms in total. The van der Waals surface area contributed by atoms with Crippen LogP contribution in [0.2, 0.25) is 0 Å². The van der Waals surface area contributed by atoms with Gasteiger partial charge in [0.05, 0.1) is 20.1 Å². The highest BCUT2D eigenvalue weighted by Crippen LogP contribution is 2.26. The molecule has 0 saturated heterocycles. The monoisotopic (exact) mass is 372 g/mol.